The van der Waals surface area contributed by atoms with Crippen LogP contribution in [-0.4, -0.2) is 23.5 Å². The maximum atomic E-state index is 12.7. The molecule has 0 fully saturated rings. The van der Waals surface area contributed by atoms with Crippen LogP contribution in [0.5, 0.6) is 0 Å². The van der Waals surface area contributed by atoms with E-state index < -0.39 is 5.97 Å². The second kappa shape index (κ2) is 10.1. The minimum absolute atomic E-state index is 0.246. The molecule has 3 rings (SSSR count). The standard InChI is InChI=1S/C23H18Cl2N2O3/c1-2-30-22(28)10-9-15-5-3-6-19(11-15)26-23(29)21-8-4-7-20(27-21)16-12-17(24)14-18(25)13-16/h3-14H,2H2,1H3,(H,26,29)/b10-9+. The number of rotatable bonds is 6. The van der Waals surface area contributed by atoms with Crippen LogP contribution in [0.1, 0.15) is 23.0 Å². The molecule has 1 N–H and O–H groups in total. The molecule has 5 nitrogen and oxygen atoms in total. The average Bonchev–Trinajstić information content (AvgIpc) is 2.72. The van der Waals surface area contributed by atoms with Crippen molar-refractivity contribution >= 4 is 46.8 Å². The van der Waals surface area contributed by atoms with Crippen LogP contribution < -0.4 is 5.32 Å². The Bertz CT molecular complexity index is 1090. The summed E-state index contributed by atoms with van der Waals surface area (Å²) in [6.07, 6.45) is 2.96. The van der Waals surface area contributed by atoms with E-state index in [1.165, 1.54) is 6.08 Å². The maximum absolute atomic E-state index is 12.7. The lowest BCUT2D eigenvalue weighted by Crippen LogP contribution is -2.13. The van der Waals surface area contributed by atoms with Crippen molar-refractivity contribution in [2.75, 3.05) is 11.9 Å². The van der Waals surface area contributed by atoms with Crippen LogP contribution in [0.15, 0.2) is 66.7 Å². The Morgan fingerprint density at radius 2 is 1.77 bits per heavy atom. The van der Waals surface area contributed by atoms with Gasteiger partial charge >= 0.3 is 5.97 Å². The van der Waals surface area contributed by atoms with E-state index in [2.05, 4.69) is 10.3 Å². The molecule has 0 bridgehead atoms. The Balaban J connectivity index is 1.77. The fourth-order valence-electron chi connectivity index (χ4n) is 2.69. The average molecular weight is 441 g/mol. The number of benzene rings is 2. The third-order valence-electron chi connectivity index (χ3n) is 3.98. The molecule has 0 aliphatic heterocycles. The Morgan fingerprint density at radius 3 is 2.50 bits per heavy atom. The van der Waals surface area contributed by atoms with E-state index >= 15 is 0 Å². The van der Waals surface area contributed by atoms with Gasteiger partial charge in [-0.3, -0.25) is 4.79 Å². The zero-order valence-electron chi connectivity index (χ0n) is 16.1. The van der Waals surface area contributed by atoms with E-state index in [1.807, 2.05) is 6.07 Å². The summed E-state index contributed by atoms with van der Waals surface area (Å²) in [7, 11) is 0. The second-order valence-electron chi connectivity index (χ2n) is 6.23. The van der Waals surface area contributed by atoms with Crippen molar-refractivity contribution < 1.29 is 14.3 Å². The van der Waals surface area contributed by atoms with Crippen LogP contribution in [0.2, 0.25) is 10.0 Å². The summed E-state index contributed by atoms with van der Waals surface area (Å²) in [5, 5.41) is 3.78. The lowest BCUT2D eigenvalue weighted by Gasteiger charge is -2.08. The number of ether oxygens (including phenoxy) is 1. The van der Waals surface area contributed by atoms with Crippen molar-refractivity contribution in [1.82, 2.24) is 4.98 Å². The van der Waals surface area contributed by atoms with Crippen molar-refractivity contribution in [3.05, 3.63) is 88.0 Å². The molecule has 0 unspecified atom stereocenters. The van der Waals surface area contributed by atoms with Crippen molar-refractivity contribution in [3.8, 4) is 11.3 Å². The number of hydrogen-bond acceptors (Lipinski definition) is 4. The van der Waals surface area contributed by atoms with Crippen molar-refractivity contribution in [2.45, 2.75) is 6.92 Å². The Morgan fingerprint density at radius 1 is 1.03 bits per heavy atom. The first-order valence-corrected chi connectivity index (χ1v) is 9.90. The van der Waals surface area contributed by atoms with Crippen molar-refractivity contribution in [3.63, 3.8) is 0 Å². The summed E-state index contributed by atoms with van der Waals surface area (Å²) in [4.78, 5) is 28.5. The number of carbonyl (C=O) groups is 2. The number of pyridine rings is 1. The summed E-state index contributed by atoms with van der Waals surface area (Å²) in [5.41, 5.74) is 2.86. The molecule has 3 aromatic rings. The van der Waals surface area contributed by atoms with E-state index in [1.54, 1.807) is 67.6 Å². The predicted molar refractivity (Wildman–Crippen MR) is 120 cm³/mol. The van der Waals surface area contributed by atoms with Gasteiger partial charge in [0.2, 0.25) is 0 Å². The topological polar surface area (TPSA) is 68.3 Å². The highest BCUT2D eigenvalue weighted by Gasteiger charge is 2.10. The molecular weight excluding hydrogens is 423 g/mol. The molecule has 1 aromatic heterocycles. The zero-order valence-corrected chi connectivity index (χ0v) is 17.6. The van der Waals surface area contributed by atoms with E-state index in [-0.39, 0.29) is 11.6 Å². The second-order valence-corrected chi connectivity index (χ2v) is 7.10. The molecule has 0 saturated heterocycles. The Labute approximate surface area is 184 Å². The van der Waals surface area contributed by atoms with Gasteiger partial charge in [0.05, 0.1) is 12.3 Å². The van der Waals surface area contributed by atoms with Crippen LogP contribution >= 0.6 is 23.2 Å². The number of esters is 1. The lowest BCUT2D eigenvalue weighted by atomic mass is 10.1. The first kappa shape index (κ1) is 21.6. The SMILES string of the molecule is CCOC(=O)/C=C/c1cccc(NC(=O)c2cccc(-c3cc(Cl)cc(Cl)c3)n2)c1. The Kier molecular flexibility index (Phi) is 7.22. The highest BCUT2D eigenvalue weighted by Crippen LogP contribution is 2.26. The first-order chi connectivity index (χ1) is 14.4. The van der Waals surface area contributed by atoms with Crippen molar-refractivity contribution in [1.29, 1.82) is 0 Å². The molecule has 0 atom stereocenters. The molecule has 7 heteroatoms. The van der Waals surface area contributed by atoms with Gasteiger partial charge in [-0.2, -0.15) is 0 Å². The van der Waals surface area contributed by atoms with Gasteiger partial charge in [0, 0.05) is 27.4 Å². The molecule has 1 amide bonds. The third-order valence-corrected chi connectivity index (χ3v) is 4.42. The van der Waals surface area contributed by atoms with Crippen LogP contribution in [0.3, 0.4) is 0 Å². The number of hydrogen-bond donors (Lipinski definition) is 1. The third kappa shape index (κ3) is 5.92. The minimum Gasteiger partial charge on any atom is -0.463 e. The lowest BCUT2D eigenvalue weighted by molar-refractivity contribution is -0.137. The molecule has 30 heavy (non-hydrogen) atoms. The fourth-order valence-corrected chi connectivity index (χ4v) is 3.22. The van der Waals surface area contributed by atoms with Crippen molar-refractivity contribution in [2.24, 2.45) is 0 Å². The monoisotopic (exact) mass is 440 g/mol. The highest BCUT2D eigenvalue weighted by molar-refractivity contribution is 6.35. The summed E-state index contributed by atoms with van der Waals surface area (Å²) >= 11 is 12.1. The quantitative estimate of drug-likeness (QED) is 0.383. The summed E-state index contributed by atoms with van der Waals surface area (Å²) in [5.74, 6) is -0.787. The van der Waals surface area contributed by atoms with E-state index in [9.17, 15) is 9.59 Å². The van der Waals surface area contributed by atoms with Gasteiger partial charge in [0.15, 0.2) is 0 Å². The molecular formula is C23H18Cl2N2O3. The smallest absolute Gasteiger partial charge is 0.330 e. The molecule has 0 saturated carbocycles. The predicted octanol–water partition coefficient (Wildman–Crippen LogP) is 5.88. The first-order valence-electron chi connectivity index (χ1n) is 9.14. The Hall–Kier alpha value is -3.15. The normalized spacial score (nSPS) is 10.8. The van der Waals surface area contributed by atoms with Gasteiger partial charge in [-0.25, -0.2) is 9.78 Å². The van der Waals surface area contributed by atoms with Crippen LogP contribution in [-0.2, 0) is 9.53 Å². The van der Waals surface area contributed by atoms with E-state index in [0.29, 0.717) is 33.6 Å². The number of halogens is 2. The number of anilines is 1. The van der Waals surface area contributed by atoms with Gasteiger partial charge in [-0.15, -0.1) is 0 Å². The highest BCUT2D eigenvalue weighted by atomic mass is 35.5. The molecule has 0 radical (unpaired) electrons. The molecule has 0 aliphatic carbocycles. The van der Waals surface area contributed by atoms with E-state index in [0.717, 1.165) is 5.56 Å². The number of nitrogens with one attached hydrogen (secondary N) is 1. The molecule has 1 heterocycles. The zero-order chi connectivity index (χ0) is 21.5. The number of aromatic nitrogens is 1. The maximum Gasteiger partial charge on any atom is 0.330 e. The van der Waals surface area contributed by atoms with Gasteiger partial charge in [-0.1, -0.05) is 41.4 Å². The largest absolute Gasteiger partial charge is 0.463 e. The minimum atomic E-state index is -0.422. The van der Waals surface area contributed by atoms with Crippen LogP contribution in [0.4, 0.5) is 5.69 Å². The summed E-state index contributed by atoms with van der Waals surface area (Å²) in [6.45, 7) is 2.05. The van der Waals surface area contributed by atoms with Gasteiger partial charge in [0.25, 0.3) is 5.91 Å². The van der Waals surface area contributed by atoms with Gasteiger partial charge in [0.1, 0.15) is 5.69 Å². The number of carbonyl (C=O) groups excluding carboxylic acids is 2. The molecule has 2 aromatic carbocycles. The number of amides is 1. The van der Waals surface area contributed by atoms with E-state index in [4.69, 9.17) is 27.9 Å². The molecule has 0 spiro atoms. The van der Waals surface area contributed by atoms with Crippen LogP contribution in [0.25, 0.3) is 17.3 Å². The molecule has 0 aliphatic rings. The van der Waals surface area contributed by atoms with Gasteiger partial charge in [-0.05, 0) is 61.0 Å². The van der Waals surface area contributed by atoms with Crippen LogP contribution in [0, 0.1) is 0 Å². The fraction of sp³-hybridized carbons (Fsp3) is 0.0870. The summed E-state index contributed by atoms with van der Waals surface area (Å²) in [6, 6.07) is 17.3. The summed E-state index contributed by atoms with van der Waals surface area (Å²) < 4.78 is 4.86. The number of nitrogens with zero attached hydrogens (tertiary/aromatic N) is 1. The van der Waals surface area contributed by atoms with Gasteiger partial charge < -0.3 is 10.1 Å². The molecule has 152 valence electrons.